The molecule has 4 heteroatoms. The summed E-state index contributed by atoms with van der Waals surface area (Å²) < 4.78 is 5.95. The van der Waals surface area contributed by atoms with Gasteiger partial charge in [-0.15, -0.1) is 0 Å². The summed E-state index contributed by atoms with van der Waals surface area (Å²) in [6.45, 7) is 11.0. The first-order chi connectivity index (χ1) is 12.6. The lowest BCUT2D eigenvalue weighted by Gasteiger charge is -2.30. The molecule has 1 aromatic rings. The number of ether oxygens (including phenoxy) is 1. The van der Waals surface area contributed by atoms with Crippen LogP contribution in [0.25, 0.3) is 0 Å². The fourth-order valence-electron chi connectivity index (χ4n) is 2.82. The molecule has 0 saturated heterocycles. The second-order valence-corrected chi connectivity index (χ2v) is 7.28. The van der Waals surface area contributed by atoms with Gasteiger partial charge in [-0.25, -0.2) is 0 Å². The van der Waals surface area contributed by atoms with E-state index in [1.807, 2.05) is 32.9 Å². The minimum atomic E-state index is -0.237. The fraction of sp³-hybridized carbons (Fsp3) is 0.500. The summed E-state index contributed by atoms with van der Waals surface area (Å²) in [5, 5.41) is 0.679. The molecule has 1 aliphatic heterocycles. The van der Waals surface area contributed by atoms with E-state index in [0.29, 0.717) is 5.17 Å². The smallest absolute Gasteiger partial charge is 0.154 e. The SMILES string of the molecule is C/C=C\C(=C/C)CCCOc1cccc(C2(C)CCSC(N)=N2)c1.CC. The molecule has 0 bridgehead atoms. The molecule has 1 heterocycles. The predicted molar refractivity (Wildman–Crippen MR) is 117 cm³/mol. The molecule has 0 radical (unpaired) electrons. The number of amidine groups is 1. The Morgan fingerprint density at radius 3 is 2.77 bits per heavy atom. The number of allylic oxidation sites excluding steroid dienone is 4. The number of rotatable bonds is 7. The summed E-state index contributed by atoms with van der Waals surface area (Å²) in [6.07, 6.45) is 9.43. The van der Waals surface area contributed by atoms with Crippen molar-refractivity contribution in [1.29, 1.82) is 0 Å². The quantitative estimate of drug-likeness (QED) is 0.466. The average Bonchev–Trinajstić information content (AvgIpc) is 2.66. The van der Waals surface area contributed by atoms with E-state index >= 15 is 0 Å². The van der Waals surface area contributed by atoms with Crippen LogP contribution in [-0.2, 0) is 5.54 Å². The van der Waals surface area contributed by atoms with Crippen LogP contribution in [0.3, 0.4) is 0 Å². The Labute approximate surface area is 163 Å². The van der Waals surface area contributed by atoms with E-state index in [-0.39, 0.29) is 5.54 Å². The topological polar surface area (TPSA) is 47.6 Å². The normalized spacial score (nSPS) is 20.3. The number of thioether (sulfide) groups is 1. The standard InChI is InChI=1S/C20H28N2OS.C2H6/c1-4-8-16(5-2)9-7-13-23-18-11-6-10-17(15-18)20(3)12-14-24-19(21)22-20;1-2/h4-6,8,10-11,15H,7,9,12-14H2,1-3H3,(H2,21,22);1-2H3/b8-4-,16-5+;. The van der Waals surface area contributed by atoms with Crippen LogP contribution in [0.2, 0.25) is 0 Å². The molecule has 0 fully saturated rings. The van der Waals surface area contributed by atoms with Crippen molar-refractivity contribution in [3.05, 3.63) is 53.6 Å². The van der Waals surface area contributed by atoms with Gasteiger partial charge in [0, 0.05) is 5.75 Å². The van der Waals surface area contributed by atoms with E-state index in [0.717, 1.165) is 37.4 Å². The highest BCUT2D eigenvalue weighted by molar-refractivity contribution is 8.13. The van der Waals surface area contributed by atoms with Crippen LogP contribution < -0.4 is 10.5 Å². The van der Waals surface area contributed by atoms with Crippen molar-refractivity contribution in [2.45, 2.75) is 59.4 Å². The van der Waals surface area contributed by atoms with Crippen molar-refractivity contribution in [1.82, 2.24) is 0 Å². The van der Waals surface area contributed by atoms with Crippen molar-refractivity contribution in [2.75, 3.05) is 12.4 Å². The Hall–Kier alpha value is -1.68. The molecule has 0 amide bonds. The van der Waals surface area contributed by atoms with Gasteiger partial charge in [0.25, 0.3) is 0 Å². The third kappa shape index (κ3) is 6.91. The summed E-state index contributed by atoms with van der Waals surface area (Å²) in [5.74, 6) is 1.92. The van der Waals surface area contributed by atoms with Crippen molar-refractivity contribution in [3.63, 3.8) is 0 Å². The largest absolute Gasteiger partial charge is 0.494 e. The fourth-order valence-corrected chi connectivity index (χ4v) is 3.79. The lowest BCUT2D eigenvalue weighted by Crippen LogP contribution is -2.28. The molecule has 0 spiro atoms. The highest BCUT2D eigenvalue weighted by Gasteiger charge is 2.29. The van der Waals surface area contributed by atoms with Gasteiger partial charge in [0.1, 0.15) is 5.75 Å². The van der Waals surface area contributed by atoms with Gasteiger partial charge in [0.05, 0.1) is 12.1 Å². The molecule has 0 aromatic heterocycles. The zero-order chi connectivity index (χ0) is 19.4. The zero-order valence-corrected chi connectivity index (χ0v) is 17.7. The minimum absolute atomic E-state index is 0.237. The predicted octanol–water partition coefficient (Wildman–Crippen LogP) is 6.06. The molecule has 26 heavy (non-hydrogen) atoms. The zero-order valence-electron chi connectivity index (χ0n) is 16.9. The third-order valence-corrected chi connectivity index (χ3v) is 5.08. The maximum Gasteiger partial charge on any atom is 0.154 e. The van der Waals surface area contributed by atoms with Crippen LogP contribution in [0.1, 0.15) is 59.4 Å². The summed E-state index contributed by atoms with van der Waals surface area (Å²) in [7, 11) is 0. The van der Waals surface area contributed by atoms with E-state index < -0.39 is 0 Å². The first kappa shape index (κ1) is 22.4. The molecule has 0 saturated carbocycles. The van der Waals surface area contributed by atoms with Crippen molar-refractivity contribution in [3.8, 4) is 5.75 Å². The van der Waals surface area contributed by atoms with Crippen molar-refractivity contribution < 1.29 is 4.74 Å². The maximum atomic E-state index is 5.95. The van der Waals surface area contributed by atoms with Crippen LogP contribution in [0.15, 0.2) is 53.1 Å². The molecule has 144 valence electrons. The van der Waals surface area contributed by atoms with Gasteiger partial charge in [0.15, 0.2) is 5.17 Å². The lowest BCUT2D eigenvalue weighted by atomic mass is 9.90. The monoisotopic (exact) mass is 374 g/mol. The second-order valence-electron chi connectivity index (χ2n) is 6.17. The molecule has 3 nitrogen and oxygen atoms in total. The second kappa shape index (κ2) is 11.8. The molecule has 1 aliphatic rings. The van der Waals surface area contributed by atoms with E-state index in [4.69, 9.17) is 10.5 Å². The summed E-state index contributed by atoms with van der Waals surface area (Å²) in [5.41, 5.74) is 8.21. The van der Waals surface area contributed by atoms with Crippen LogP contribution in [0.4, 0.5) is 0 Å². The van der Waals surface area contributed by atoms with Gasteiger partial charge in [-0.1, -0.05) is 61.5 Å². The molecule has 1 aromatic carbocycles. The highest BCUT2D eigenvalue weighted by atomic mass is 32.2. The maximum absolute atomic E-state index is 5.95. The molecular weight excluding hydrogens is 340 g/mol. The Kier molecular flexibility index (Phi) is 10.2. The first-order valence-electron chi connectivity index (χ1n) is 9.57. The van der Waals surface area contributed by atoms with Crippen LogP contribution in [0, 0.1) is 0 Å². The van der Waals surface area contributed by atoms with Crippen LogP contribution in [0.5, 0.6) is 5.75 Å². The van der Waals surface area contributed by atoms with Gasteiger partial charge < -0.3 is 10.5 Å². The van der Waals surface area contributed by atoms with Gasteiger partial charge in [-0.2, -0.15) is 0 Å². The van der Waals surface area contributed by atoms with Crippen molar-refractivity contribution in [2.24, 2.45) is 10.7 Å². The van der Waals surface area contributed by atoms with Crippen LogP contribution in [-0.4, -0.2) is 17.5 Å². The molecule has 1 atom stereocenters. The summed E-state index contributed by atoms with van der Waals surface area (Å²) in [4.78, 5) is 4.66. The van der Waals surface area contributed by atoms with Gasteiger partial charge in [0.2, 0.25) is 0 Å². The van der Waals surface area contributed by atoms with E-state index in [2.05, 4.69) is 49.2 Å². The Morgan fingerprint density at radius 1 is 1.35 bits per heavy atom. The number of nitrogens with two attached hydrogens (primary N) is 1. The minimum Gasteiger partial charge on any atom is -0.494 e. The number of nitrogens with zero attached hydrogens (tertiary/aromatic N) is 1. The van der Waals surface area contributed by atoms with E-state index in [1.165, 1.54) is 11.1 Å². The molecule has 2 rings (SSSR count). The molecule has 2 N–H and O–H groups in total. The number of aliphatic imine (C=N–C) groups is 1. The summed E-state index contributed by atoms with van der Waals surface area (Å²) in [6, 6.07) is 8.28. The third-order valence-electron chi connectivity index (χ3n) is 4.28. The summed E-state index contributed by atoms with van der Waals surface area (Å²) >= 11 is 1.63. The Morgan fingerprint density at radius 2 is 2.12 bits per heavy atom. The van der Waals surface area contributed by atoms with E-state index in [1.54, 1.807) is 11.8 Å². The first-order valence-corrected chi connectivity index (χ1v) is 10.6. The van der Waals surface area contributed by atoms with Gasteiger partial charge in [-0.3, -0.25) is 4.99 Å². The van der Waals surface area contributed by atoms with Gasteiger partial charge >= 0.3 is 0 Å². The Balaban J connectivity index is 0.00000163. The number of hydrogen-bond donors (Lipinski definition) is 1. The highest BCUT2D eigenvalue weighted by Crippen LogP contribution is 2.36. The lowest BCUT2D eigenvalue weighted by molar-refractivity contribution is 0.310. The average molecular weight is 375 g/mol. The van der Waals surface area contributed by atoms with Gasteiger partial charge in [-0.05, 0) is 57.7 Å². The molecule has 1 unspecified atom stereocenters. The van der Waals surface area contributed by atoms with Crippen LogP contribution >= 0.6 is 11.8 Å². The van der Waals surface area contributed by atoms with Crippen molar-refractivity contribution >= 4 is 16.9 Å². The number of hydrogen-bond acceptors (Lipinski definition) is 4. The number of benzene rings is 1. The molecule has 0 aliphatic carbocycles. The molecular formula is C22H34N2OS. The Bertz CT molecular complexity index is 637. The van der Waals surface area contributed by atoms with E-state index in [9.17, 15) is 0 Å².